The molecule has 0 saturated heterocycles. The summed E-state index contributed by atoms with van der Waals surface area (Å²) in [6.07, 6.45) is 1.82. The van der Waals surface area contributed by atoms with Crippen LogP contribution >= 0.6 is 15.9 Å². The molecule has 90 valence electrons. The molecule has 4 nitrogen and oxygen atoms in total. The minimum Gasteiger partial charge on any atom is -0.334 e. The summed E-state index contributed by atoms with van der Waals surface area (Å²) < 4.78 is 2.61. The number of rotatable bonds is 1. The topological polar surface area (TPSA) is 43.6 Å². The molecular weight excluding hydrogens is 292 g/mol. The van der Waals surface area contributed by atoms with Crippen molar-refractivity contribution >= 4 is 27.0 Å². The summed E-state index contributed by atoms with van der Waals surface area (Å²) in [7, 11) is 1.99. The summed E-state index contributed by atoms with van der Waals surface area (Å²) >= 11 is 3.32. The number of aromatic nitrogens is 4. The average molecular weight is 303 g/mol. The first-order valence-corrected chi connectivity index (χ1v) is 6.35. The Labute approximate surface area is 113 Å². The van der Waals surface area contributed by atoms with Gasteiger partial charge < -0.3 is 4.57 Å². The van der Waals surface area contributed by atoms with E-state index in [0.29, 0.717) is 4.73 Å². The number of aryl methyl sites for hydroxylation is 2. The Morgan fingerprint density at radius 1 is 1.17 bits per heavy atom. The molecule has 0 unspecified atom stereocenters. The van der Waals surface area contributed by atoms with Crippen LogP contribution in [0.1, 0.15) is 5.69 Å². The van der Waals surface area contributed by atoms with E-state index in [2.05, 4.69) is 43.0 Å². The Morgan fingerprint density at radius 3 is 2.78 bits per heavy atom. The van der Waals surface area contributed by atoms with Gasteiger partial charge in [-0.05, 0) is 41.1 Å². The van der Waals surface area contributed by atoms with Gasteiger partial charge in [0.1, 0.15) is 0 Å². The van der Waals surface area contributed by atoms with Crippen LogP contribution in [0.4, 0.5) is 0 Å². The van der Waals surface area contributed by atoms with Crippen molar-refractivity contribution in [2.75, 3.05) is 0 Å². The van der Waals surface area contributed by atoms with Crippen molar-refractivity contribution in [1.29, 1.82) is 0 Å². The second-order valence-electron chi connectivity index (χ2n) is 4.22. The molecule has 0 N–H and O–H groups in total. The maximum atomic E-state index is 4.39. The van der Waals surface area contributed by atoms with Crippen LogP contribution in [-0.2, 0) is 7.05 Å². The molecule has 0 saturated carbocycles. The fourth-order valence-corrected chi connectivity index (χ4v) is 2.45. The first-order valence-electron chi connectivity index (χ1n) is 5.56. The zero-order valence-electron chi connectivity index (χ0n) is 10.1. The van der Waals surface area contributed by atoms with E-state index in [4.69, 9.17) is 0 Å². The van der Waals surface area contributed by atoms with Gasteiger partial charge >= 0.3 is 0 Å². The number of benzene rings is 1. The SMILES string of the molecule is Cc1cc(-c2ccc3c(c2)ncn3C)nc(Br)n1. The van der Waals surface area contributed by atoms with Crippen molar-refractivity contribution in [1.82, 2.24) is 19.5 Å². The van der Waals surface area contributed by atoms with E-state index in [1.165, 1.54) is 0 Å². The predicted octanol–water partition coefficient (Wildman–Crippen LogP) is 3.10. The fraction of sp³-hybridized carbons (Fsp3) is 0.154. The summed E-state index contributed by atoms with van der Waals surface area (Å²) in [6.45, 7) is 1.95. The van der Waals surface area contributed by atoms with Crippen LogP contribution in [0, 0.1) is 6.92 Å². The van der Waals surface area contributed by atoms with Gasteiger partial charge in [0.15, 0.2) is 4.73 Å². The maximum Gasteiger partial charge on any atom is 0.197 e. The molecule has 3 rings (SSSR count). The Morgan fingerprint density at radius 2 is 2.00 bits per heavy atom. The van der Waals surface area contributed by atoms with Crippen LogP contribution in [0.5, 0.6) is 0 Å². The van der Waals surface area contributed by atoms with Crippen molar-refractivity contribution in [3.63, 3.8) is 0 Å². The molecule has 0 bridgehead atoms. The Kier molecular flexibility index (Phi) is 2.63. The van der Waals surface area contributed by atoms with Gasteiger partial charge in [0.05, 0.1) is 23.1 Å². The zero-order valence-corrected chi connectivity index (χ0v) is 11.6. The molecule has 0 aliphatic heterocycles. The zero-order chi connectivity index (χ0) is 12.7. The second-order valence-corrected chi connectivity index (χ2v) is 4.93. The summed E-state index contributed by atoms with van der Waals surface area (Å²) in [6, 6.07) is 8.12. The molecular formula is C13H11BrN4. The molecule has 2 heterocycles. The highest BCUT2D eigenvalue weighted by Gasteiger charge is 2.06. The van der Waals surface area contributed by atoms with E-state index in [9.17, 15) is 0 Å². The fourth-order valence-electron chi connectivity index (χ4n) is 1.98. The number of hydrogen-bond acceptors (Lipinski definition) is 3. The highest BCUT2D eigenvalue weighted by atomic mass is 79.9. The molecule has 3 aromatic rings. The summed E-state index contributed by atoms with van der Waals surface area (Å²) in [4.78, 5) is 13.0. The monoisotopic (exact) mass is 302 g/mol. The number of halogens is 1. The lowest BCUT2D eigenvalue weighted by atomic mass is 10.1. The van der Waals surface area contributed by atoms with E-state index < -0.39 is 0 Å². The third kappa shape index (κ3) is 1.90. The van der Waals surface area contributed by atoms with Crippen molar-refractivity contribution in [2.45, 2.75) is 6.92 Å². The number of hydrogen-bond donors (Lipinski definition) is 0. The minimum absolute atomic E-state index is 0.610. The van der Waals surface area contributed by atoms with Gasteiger partial charge in [0.2, 0.25) is 0 Å². The van der Waals surface area contributed by atoms with Crippen molar-refractivity contribution in [2.24, 2.45) is 7.05 Å². The molecule has 0 atom stereocenters. The lowest BCUT2D eigenvalue weighted by Gasteiger charge is -2.03. The standard InChI is InChI=1S/C13H11BrN4/c1-8-5-10(17-13(14)16-8)9-3-4-12-11(6-9)15-7-18(12)2/h3-7H,1-2H3. The normalized spacial score (nSPS) is 11.1. The van der Waals surface area contributed by atoms with Gasteiger partial charge in [-0.15, -0.1) is 0 Å². The molecule has 0 aliphatic rings. The van der Waals surface area contributed by atoms with Crippen LogP contribution in [0.2, 0.25) is 0 Å². The van der Waals surface area contributed by atoms with E-state index in [-0.39, 0.29) is 0 Å². The molecule has 2 aromatic heterocycles. The highest BCUT2D eigenvalue weighted by Crippen LogP contribution is 2.23. The second kappa shape index (κ2) is 4.17. The molecule has 18 heavy (non-hydrogen) atoms. The predicted molar refractivity (Wildman–Crippen MR) is 74.2 cm³/mol. The molecule has 0 amide bonds. The Hall–Kier alpha value is -1.75. The van der Waals surface area contributed by atoms with Crippen molar-refractivity contribution in [3.05, 3.63) is 41.0 Å². The van der Waals surface area contributed by atoms with Gasteiger partial charge in [-0.2, -0.15) is 0 Å². The van der Waals surface area contributed by atoms with Crippen molar-refractivity contribution in [3.8, 4) is 11.3 Å². The lowest BCUT2D eigenvalue weighted by Crippen LogP contribution is -1.91. The van der Waals surface area contributed by atoms with Crippen LogP contribution < -0.4 is 0 Å². The van der Waals surface area contributed by atoms with Crippen LogP contribution in [-0.4, -0.2) is 19.5 Å². The quantitative estimate of drug-likeness (QED) is 0.649. The number of imidazole rings is 1. The molecule has 1 aromatic carbocycles. The van der Waals surface area contributed by atoms with Crippen molar-refractivity contribution < 1.29 is 0 Å². The summed E-state index contributed by atoms with van der Waals surface area (Å²) in [5.74, 6) is 0. The Bertz CT molecular complexity index is 713. The first-order chi connectivity index (χ1) is 8.63. The Balaban J connectivity index is 2.18. The summed E-state index contributed by atoms with van der Waals surface area (Å²) in [5, 5.41) is 0. The number of nitrogens with zero attached hydrogens (tertiary/aromatic N) is 4. The summed E-state index contributed by atoms with van der Waals surface area (Å²) in [5.41, 5.74) is 4.98. The molecule has 0 spiro atoms. The molecule has 5 heteroatoms. The lowest BCUT2D eigenvalue weighted by molar-refractivity contribution is 0.947. The first kappa shape index (κ1) is 11.3. The van der Waals surface area contributed by atoms with Crippen LogP contribution in [0.3, 0.4) is 0 Å². The average Bonchev–Trinajstić information content (AvgIpc) is 2.69. The van der Waals surface area contributed by atoms with Gasteiger partial charge in [-0.25, -0.2) is 15.0 Å². The number of fused-ring (bicyclic) bond motifs is 1. The van der Waals surface area contributed by atoms with E-state index in [1.54, 1.807) is 0 Å². The third-order valence-corrected chi connectivity index (χ3v) is 3.20. The van der Waals surface area contributed by atoms with Crippen LogP contribution in [0.15, 0.2) is 35.3 Å². The van der Waals surface area contributed by atoms with Gasteiger partial charge in [-0.1, -0.05) is 6.07 Å². The largest absolute Gasteiger partial charge is 0.334 e. The minimum atomic E-state index is 0.610. The molecule has 0 aliphatic carbocycles. The van der Waals surface area contributed by atoms with E-state index in [0.717, 1.165) is 28.0 Å². The van der Waals surface area contributed by atoms with E-state index >= 15 is 0 Å². The van der Waals surface area contributed by atoms with Gasteiger partial charge in [0.25, 0.3) is 0 Å². The molecule has 0 radical (unpaired) electrons. The smallest absolute Gasteiger partial charge is 0.197 e. The van der Waals surface area contributed by atoms with E-state index in [1.807, 2.05) is 37.0 Å². The highest BCUT2D eigenvalue weighted by molar-refractivity contribution is 9.10. The van der Waals surface area contributed by atoms with Crippen LogP contribution in [0.25, 0.3) is 22.3 Å². The molecule has 0 fully saturated rings. The maximum absolute atomic E-state index is 4.39. The van der Waals surface area contributed by atoms with Gasteiger partial charge in [-0.3, -0.25) is 0 Å². The van der Waals surface area contributed by atoms with Gasteiger partial charge in [0, 0.05) is 18.3 Å². The third-order valence-electron chi connectivity index (χ3n) is 2.85.